The lowest BCUT2D eigenvalue weighted by molar-refractivity contribution is -0.122. The van der Waals surface area contributed by atoms with Gasteiger partial charge in [-0.3, -0.25) is 14.9 Å². The van der Waals surface area contributed by atoms with Gasteiger partial charge < -0.3 is 0 Å². The Bertz CT molecular complexity index is 898. The van der Waals surface area contributed by atoms with E-state index < -0.39 is 17.6 Å². The summed E-state index contributed by atoms with van der Waals surface area (Å²) < 4.78 is 14.0. The quantitative estimate of drug-likeness (QED) is 0.508. The molecule has 24 heavy (non-hydrogen) atoms. The maximum absolute atomic E-state index is 14.0. The molecule has 1 fully saturated rings. The van der Waals surface area contributed by atoms with Crippen LogP contribution < -0.4 is 10.2 Å². The molecular formula is C17H10ClFN2O2S. The summed E-state index contributed by atoms with van der Waals surface area (Å²) in [6, 6.07) is 12.4. The van der Waals surface area contributed by atoms with Gasteiger partial charge in [0, 0.05) is 5.02 Å². The minimum atomic E-state index is -0.700. The first kappa shape index (κ1) is 16.3. The van der Waals surface area contributed by atoms with Crippen LogP contribution in [0.1, 0.15) is 5.56 Å². The number of hydrogen-bond donors (Lipinski definition) is 1. The van der Waals surface area contributed by atoms with Gasteiger partial charge in [0.1, 0.15) is 11.4 Å². The summed E-state index contributed by atoms with van der Waals surface area (Å²) in [5.74, 6) is -1.96. The summed E-state index contributed by atoms with van der Waals surface area (Å²) in [7, 11) is 0. The number of carbonyl (C=O) groups excluding carboxylic acids is 2. The number of anilines is 1. The Kier molecular flexibility index (Phi) is 4.42. The predicted octanol–water partition coefficient (Wildman–Crippen LogP) is 3.31. The van der Waals surface area contributed by atoms with E-state index in [-0.39, 0.29) is 16.4 Å². The molecule has 1 saturated heterocycles. The molecular weight excluding hydrogens is 351 g/mol. The third-order valence-corrected chi connectivity index (χ3v) is 3.87. The number of benzene rings is 2. The fourth-order valence-electron chi connectivity index (χ4n) is 2.27. The molecule has 1 N–H and O–H groups in total. The lowest BCUT2D eigenvalue weighted by Gasteiger charge is -2.29. The Morgan fingerprint density at radius 3 is 2.58 bits per heavy atom. The van der Waals surface area contributed by atoms with Crippen LogP contribution in [0.5, 0.6) is 0 Å². The zero-order valence-electron chi connectivity index (χ0n) is 12.1. The molecule has 2 aromatic rings. The summed E-state index contributed by atoms with van der Waals surface area (Å²) in [6.45, 7) is 0. The SMILES string of the molecule is O=C1NC(=S)N(c2ccccc2F)C(=O)/C1=C/c1cccc(Cl)c1. The maximum Gasteiger partial charge on any atom is 0.270 e. The first-order chi connectivity index (χ1) is 11.5. The average Bonchev–Trinajstić information content (AvgIpc) is 2.53. The largest absolute Gasteiger partial charge is 0.298 e. The zero-order chi connectivity index (χ0) is 17.3. The lowest BCUT2D eigenvalue weighted by atomic mass is 10.1. The third kappa shape index (κ3) is 3.06. The normalized spacial score (nSPS) is 16.5. The van der Waals surface area contributed by atoms with E-state index in [1.54, 1.807) is 30.3 Å². The van der Waals surface area contributed by atoms with Crippen molar-refractivity contribution in [1.82, 2.24) is 5.32 Å². The molecule has 0 unspecified atom stereocenters. The van der Waals surface area contributed by atoms with Crippen molar-refractivity contribution in [2.45, 2.75) is 0 Å². The second kappa shape index (κ2) is 6.51. The first-order valence-electron chi connectivity index (χ1n) is 6.89. The van der Waals surface area contributed by atoms with Gasteiger partial charge in [-0.1, -0.05) is 35.9 Å². The number of nitrogens with zero attached hydrogens (tertiary/aromatic N) is 1. The maximum atomic E-state index is 14.0. The fourth-order valence-corrected chi connectivity index (χ4v) is 2.75. The molecule has 4 nitrogen and oxygen atoms in total. The summed E-state index contributed by atoms with van der Waals surface area (Å²) in [5, 5.41) is 2.70. The van der Waals surface area contributed by atoms with Crippen LogP contribution in [-0.4, -0.2) is 16.9 Å². The minimum absolute atomic E-state index is 0.0236. The number of halogens is 2. The van der Waals surface area contributed by atoms with Gasteiger partial charge in [0.2, 0.25) is 0 Å². The monoisotopic (exact) mass is 360 g/mol. The van der Waals surface area contributed by atoms with Crippen LogP contribution in [0.4, 0.5) is 10.1 Å². The van der Waals surface area contributed by atoms with Crippen LogP contribution in [0.15, 0.2) is 54.1 Å². The topological polar surface area (TPSA) is 49.4 Å². The van der Waals surface area contributed by atoms with E-state index in [1.807, 2.05) is 0 Å². The number of carbonyl (C=O) groups is 2. The molecule has 0 bridgehead atoms. The van der Waals surface area contributed by atoms with Crippen LogP contribution in [0.25, 0.3) is 6.08 Å². The highest BCUT2D eigenvalue weighted by Crippen LogP contribution is 2.24. The van der Waals surface area contributed by atoms with Crippen molar-refractivity contribution in [3.05, 3.63) is 70.5 Å². The molecule has 0 radical (unpaired) electrons. The summed E-state index contributed by atoms with van der Waals surface area (Å²) >= 11 is 10.9. The molecule has 2 amide bonds. The first-order valence-corrected chi connectivity index (χ1v) is 7.67. The van der Waals surface area contributed by atoms with Crippen molar-refractivity contribution in [1.29, 1.82) is 0 Å². The van der Waals surface area contributed by atoms with Gasteiger partial charge in [0.15, 0.2) is 5.11 Å². The van der Waals surface area contributed by atoms with Gasteiger partial charge >= 0.3 is 0 Å². The van der Waals surface area contributed by atoms with Gasteiger partial charge in [-0.2, -0.15) is 0 Å². The molecule has 2 aromatic carbocycles. The van der Waals surface area contributed by atoms with Crippen molar-refractivity contribution in [3.63, 3.8) is 0 Å². The molecule has 0 aromatic heterocycles. The van der Waals surface area contributed by atoms with Crippen molar-refractivity contribution in [2.75, 3.05) is 4.90 Å². The highest BCUT2D eigenvalue weighted by Gasteiger charge is 2.35. The highest BCUT2D eigenvalue weighted by molar-refractivity contribution is 7.80. The lowest BCUT2D eigenvalue weighted by Crippen LogP contribution is -2.54. The number of para-hydroxylation sites is 1. The molecule has 0 aliphatic carbocycles. The molecule has 1 heterocycles. The van der Waals surface area contributed by atoms with Crippen LogP contribution in [0, 0.1) is 5.82 Å². The molecule has 1 aliphatic heterocycles. The highest BCUT2D eigenvalue weighted by atomic mass is 35.5. The molecule has 1 aliphatic rings. The van der Waals surface area contributed by atoms with Crippen molar-refractivity contribution in [3.8, 4) is 0 Å². The zero-order valence-corrected chi connectivity index (χ0v) is 13.7. The van der Waals surface area contributed by atoms with E-state index in [0.29, 0.717) is 10.6 Å². The Labute approximate surface area is 147 Å². The van der Waals surface area contributed by atoms with Crippen molar-refractivity contribution in [2.24, 2.45) is 0 Å². The van der Waals surface area contributed by atoms with Crippen LogP contribution in [-0.2, 0) is 9.59 Å². The Hall–Kier alpha value is -2.57. The number of rotatable bonds is 2. The number of nitrogens with one attached hydrogen (secondary N) is 1. The fraction of sp³-hybridized carbons (Fsp3) is 0. The summed E-state index contributed by atoms with van der Waals surface area (Å²) in [6.07, 6.45) is 1.39. The Morgan fingerprint density at radius 2 is 1.88 bits per heavy atom. The van der Waals surface area contributed by atoms with Crippen LogP contribution in [0.2, 0.25) is 5.02 Å². The van der Waals surface area contributed by atoms with E-state index in [0.717, 1.165) is 4.90 Å². The molecule has 3 rings (SSSR count). The van der Waals surface area contributed by atoms with Gasteiger partial charge in [-0.15, -0.1) is 0 Å². The number of thiocarbonyl (C=S) groups is 1. The second-order valence-corrected chi connectivity index (χ2v) is 5.79. The predicted molar refractivity (Wildman–Crippen MR) is 94.1 cm³/mol. The van der Waals surface area contributed by atoms with Gasteiger partial charge in [-0.05, 0) is 48.1 Å². The molecule has 7 heteroatoms. The molecule has 0 saturated carbocycles. The third-order valence-electron chi connectivity index (χ3n) is 3.35. The van der Waals surface area contributed by atoms with E-state index in [1.165, 1.54) is 24.3 Å². The van der Waals surface area contributed by atoms with E-state index in [9.17, 15) is 14.0 Å². The Morgan fingerprint density at radius 1 is 1.12 bits per heavy atom. The van der Waals surface area contributed by atoms with E-state index >= 15 is 0 Å². The summed E-state index contributed by atoms with van der Waals surface area (Å²) in [4.78, 5) is 25.8. The Balaban J connectivity index is 2.05. The molecule has 0 atom stereocenters. The smallest absolute Gasteiger partial charge is 0.270 e. The second-order valence-electron chi connectivity index (χ2n) is 4.96. The number of amides is 2. The van der Waals surface area contributed by atoms with Crippen LogP contribution >= 0.6 is 23.8 Å². The van der Waals surface area contributed by atoms with Gasteiger partial charge in [0.05, 0.1) is 5.69 Å². The summed E-state index contributed by atoms with van der Waals surface area (Å²) in [5.41, 5.74) is 0.390. The van der Waals surface area contributed by atoms with Crippen molar-refractivity contribution >= 4 is 52.5 Å². The number of hydrogen-bond acceptors (Lipinski definition) is 3. The van der Waals surface area contributed by atoms with Crippen LogP contribution in [0.3, 0.4) is 0 Å². The molecule has 120 valence electrons. The van der Waals surface area contributed by atoms with E-state index in [2.05, 4.69) is 5.32 Å². The van der Waals surface area contributed by atoms with Crippen molar-refractivity contribution < 1.29 is 14.0 Å². The standard InChI is InChI=1S/C17H10ClFN2O2S/c18-11-5-3-4-10(8-11)9-12-15(22)20-17(24)21(16(12)23)14-7-2-1-6-13(14)19/h1-9H,(H,20,22,24)/b12-9+. The van der Waals surface area contributed by atoms with Gasteiger partial charge in [0.25, 0.3) is 11.8 Å². The average molecular weight is 361 g/mol. The minimum Gasteiger partial charge on any atom is -0.298 e. The molecule has 0 spiro atoms. The van der Waals surface area contributed by atoms with Gasteiger partial charge in [-0.25, -0.2) is 9.29 Å². The van der Waals surface area contributed by atoms with E-state index in [4.69, 9.17) is 23.8 Å².